The number of aryl methyl sites for hydroxylation is 1. The molecule has 0 bridgehead atoms. The Labute approximate surface area is 283 Å². The SMILES string of the molecule is CCC(C(=O)NC(C)(C)C)N(Cc1c(Cl)cccc1Cl)C(=O)CN(c1cc(Cl)ccc1OC)S(=O)(=O)c1ccc(C)c([N+](=O)[O-])c1. The molecule has 0 saturated carbocycles. The second kappa shape index (κ2) is 14.9. The fourth-order valence-electron chi connectivity index (χ4n) is 4.67. The van der Waals surface area contributed by atoms with Crippen LogP contribution in [-0.2, 0) is 26.2 Å². The van der Waals surface area contributed by atoms with Gasteiger partial charge in [-0.1, -0.05) is 53.9 Å². The van der Waals surface area contributed by atoms with Crippen molar-refractivity contribution in [1.82, 2.24) is 10.2 Å². The molecule has 2 amide bonds. The van der Waals surface area contributed by atoms with Gasteiger partial charge in [-0.15, -0.1) is 0 Å². The lowest BCUT2D eigenvalue weighted by Gasteiger charge is -2.35. The van der Waals surface area contributed by atoms with E-state index in [0.29, 0.717) is 5.56 Å². The van der Waals surface area contributed by atoms with Gasteiger partial charge in [0.2, 0.25) is 11.8 Å². The van der Waals surface area contributed by atoms with E-state index in [9.17, 15) is 28.1 Å². The maximum Gasteiger partial charge on any atom is 0.273 e. The number of nitro groups is 1. The molecule has 1 N–H and O–H groups in total. The predicted octanol–water partition coefficient (Wildman–Crippen LogP) is 6.79. The zero-order valence-corrected chi connectivity index (χ0v) is 29.2. The van der Waals surface area contributed by atoms with Gasteiger partial charge in [0.1, 0.15) is 18.3 Å². The Hall–Kier alpha value is -3.58. The highest BCUT2D eigenvalue weighted by Gasteiger charge is 2.36. The Kier molecular flexibility index (Phi) is 11.9. The van der Waals surface area contributed by atoms with E-state index in [1.807, 2.05) is 0 Å². The molecule has 3 aromatic rings. The van der Waals surface area contributed by atoms with Crippen LogP contribution in [0.25, 0.3) is 0 Å². The summed E-state index contributed by atoms with van der Waals surface area (Å²) in [6, 6.07) is 11.4. The number of rotatable bonds is 12. The second-order valence-electron chi connectivity index (χ2n) is 11.4. The van der Waals surface area contributed by atoms with Crippen molar-refractivity contribution in [3.8, 4) is 5.75 Å². The summed E-state index contributed by atoms with van der Waals surface area (Å²) >= 11 is 19.2. The van der Waals surface area contributed by atoms with Crippen LogP contribution in [0.2, 0.25) is 15.1 Å². The topological polar surface area (TPSA) is 139 Å². The van der Waals surface area contributed by atoms with Crippen LogP contribution in [0, 0.1) is 17.0 Å². The molecule has 0 spiro atoms. The number of nitro benzene ring substituents is 1. The predicted molar refractivity (Wildman–Crippen MR) is 179 cm³/mol. The number of hydrogen-bond donors (Lipinski definition) is 1. The third kappa shape index (κ3) is 8.61. The first kappa shape index (κ1) is 36.9. The van der Waals surface area contributed by atoms with Crippen LogP contribution in [0.5, 0.6) is 5.75 Å². The molecule has 0 aliphatic heterocycles. The molecule has 15 heteroatoms. The van der Waals surface area contributed by atoms with Crippen molar-refractivity contribution in [3.63, 3.8) is 0 Å². The van der Waals surface area contributed by atoms with Gasteiger partial charge in [0.15, 0.2) is 0 Å². The van der Waals surface area contributed by atoms with Crippen molar-refractivity contribution < 1.29 is 27.7 Å². The standard InChI is InChI=1S/C31H35Cl3N4O7S/c1-7-25(30(40)35-31(3,4)5)36(17-22-23(33)9-8-10-24(22)34)29(39)18-37(27-15-20(32)12-14-28(27)45-6)46(43,44)21-13-11-19(2)26(16-21)38(41)42/h8-16,25H,7,17-18H2,1-6H3,(H,35,40). The van der Waals surface area contributed by atoms with Crippen molar-refractivity contribution in [3.05, 3.63) is 90.9 Å². The molecule has 0 aromatic heterocycles. The van der Waals surface area contributed by atoms with Gasteiger partial charge in [0.25, 0.3) is 15.7 Å². The summed E-state index contributed by atoms with van der Waals surface area (Å²) in [5.74, 6) is -1.21. The average molecular weight is 714 g/mol. The first-order valence-corrected chi connectivity index (χ1v) is 16.6. The Morgan fingerprint density at radius 2 is 1.67 bits per heavy atom. The molecule has 0 saturated heterocycles. The maximum atomic E-state index is 14.4. The average Bonchev–Trinajstić information content (AvgIpc) is 2.96. The van der Waals surface area contributed by atoms with E-state index in [0.717, 1.165) is 10.4 Å². The highest BCUT2D eigenvalue weighted by atomic mass is 35.5. The van der Waals surface area contributed by atoms with Crippen LogP contribution in [0.15, 0.2) is 59.5 Å². The summed E-state index contributed by atoms with van der Waals surface area (Å²) in [4.78, 5) is 39.7. The molecular weight excluding hydrogens is 679 g/mol. The van der Waals surface area contributed by atoms with Gasteiger partial charge in [0.05, 0.1) is 22.6 Å². The van der Waals surface area contributed by atoms with Crippen LogP contribution in [0.3, 0.4) is 0 Å². The number of amides is 2. The Balaban J connectivity index is 2.24. The van der Waals surface area contributed by atoms with Gasteiger partial charge in [-0.05, 0) is 70.5 Å². The lowest BCUT2D eigenvalue weighted by Crippen LogP contribution is -2.55. The Morgan fingerprint density at radius 3 is 2.22 bits per heavy atom. The van der Waals surface area contributed by atoms with Gasteiger partial charge in [-0.3, -0.25) is 24.0 Å². The summed E-state index contributed by atoms with van der Waals surface area (Å²) < 4.78 is 34.8. The molecule has 46 heavy (non-hydrogen) atoms. The number of anilines is 1. The van der Waals surface area contributed by atoms with Crippen LogP contribution in [0.1, 0.15) is 45.2 Å². The Morgan fingerprint density at radius 1 is 1.04 bits per heavy atom. The minimum atomic E-state index is -4.69. The Bertz CT molecular complexity index is 1730. The maximum absolute atomic E-state index is 14.4. The van der Waals surface area contributed by atoms with E-state index >= 15 is 0 Å². The zero-order valence-electron chi connectivity index (χ0n) is 26.1. The number of benzene rings is 3. The normalized spacial score (nSPS) is 12.3. The largest absolute Gasteiger partial charge is 0.495 e. The molecule has 0 fully saturated rings. The van der Waals surface area contributed by atoms with Gasteiger partial charge in [-0.2, -0.15) is 0 Å². The fraction of sp³-hybridized carbons (Fsp3) is 0.355. The molecule has 0 radical (unpaired) electrons. The molecule has 11 nitrogen and oxygen atoms in total. The van der Waals surface area contributed by atoms with Crippen molar-refractivity contribution >= 4 is 68.0 Å². The number of carbonyl (C=O) groups excluding carboxylic acids is 2. The number of carbonyl (C=O) groups is 2. The molecular formula is C31H35Cl3N4O7S. The summed E-state index contributed by atoms with van der Waals surface area (Å²) in [6.45, 7) is 7.47. The van der Waals surface area contributed by atoms with E-state index in [2.05, 4.69) is 5.32 Å². The van der Waals surface area contributed by atoms with Gasteiger partial charge in [0, 0.05) is 44.3 Å². The lowest BCUT2D eigenvalue weighted by molar-refractivity contribution is -0.385. The summed E-state index contributed by atoms with van der Waals surface area (Å²) in [7, 11) is -3.37. The van der Waals surface area contributed by atoms with Crippen LogP contribution < -0.4 is 14.4 Å². The quantitative estimate of drug-likeness (QED) is 0.161. The van der Waals surface area contributed by atoms with E-state index in [4.69, 9.17) is 39.5 Å². The molecule has 0 aliphatic rings. The van der Waals surface area contributed by atoms with Crippen molar-refractivity contribution in [2.45, 2.75) is 64.1 Å². The minimum absolute atomic E-state index is 0.0561. The molecule has 3 aromatic carbocycles. The number of nitrogens with zero attached hydrogens (tertiary/aromatic N) is 3. The summed E-state index contributed by atoms with van der Waals surface area (Å²) in [5, 5.41) is 15.2. The third-order valence-electron chi connectivity index (χ3n) is 6.93. The number of nitrogens with one attached hydrogen (secondary N) is 1. The monoisotopic (exact) mass is 712 g/mol. The second-order valence-corrected chi connectivity index (χ2v) is 14.5. The molecule has 1 atom stereocenters. The lowest BCUT2D eigenvalue weighted by atomic mass is 10.1. The first-order chi connectivity index (χ1) is 21.4. The zero-order chi connectivity index (χ0) is 34.6. The fourth-order valence-corrected chi connectivity index (χ4v) is 6.79. The van der Waals surface area contributed by atoms with E-state index in [1.165, 1.54) is 49.3 Å². The van der Waals surface area contributed by atoms with Crippen LogP contribution >= 0.6 is 34.8 Å². The van der Waals surface area contributed by atoms with Crippen molar-refractivity contribution in [2.75, 3.05) is 18.0 Å². The summed E-state index contributed by atoms with van der Waals surface area (Å²) in [6.07, 6.45) is 0.160. The number of hydrogen-bond acceptors (Lipinski definition) is 7. The summed E-state index contributed by atoms with van der Waals surface area (Å²) in [5.41, 5.74) is -0.583. The molecule has 3 rings (SSSR count). The van der Waals surface area contributed by atoms with Gasteiger partial charge < -0.3 is 15.0 Å². The van der Waals surface area contributed by atoms with E-state index < -0.39 is 55.5 Å². The number of sulfonamides is 1. The van der Waals surface area contributed by atoms with Crippen molar-refractivity contribution in [1.29, 1.82) is 0 Å². The molecule has 1 unspecified atom stereocenters. The van der Waals surface area contributed by atoms with E-state index in [-0.39, 0.29) is 45.0 Å². The van der Waals surface area contributed by atoms with Gasteiger partial charge in [-0.25, -0.2) is 8.42 Å². The molecule has 248 valence electrons. The number of methoxy groups -OCH3 is 1. The smallest absolute Gasteiger partial charge is 0.273 e. The molecule has 0 heterocycles. The number of halogens is 3. The highest BCUT2D eigenvalue weighted by Crippen LogP contribution is 2.36. The highest BCUT2D eigenvalue weighted by molar-refractivity contribution is 7.92. The first-order valence-electron chi connectivity index (χ1n) is 14.1. The van der Waals surface area contributed by atoms with E-state index in [1.54, 1.807) is 45.9 Å². The third-order valence-corrected chi connectivity index (χ3v) is 9.63. The van der Waals surface area contributed by atoms with Gasteiger partial charge >= 0.3 is 0 Å². The van der Waals surface area contributed by atoms with Crippen LogP contribution in [0.4, 0.5) is 11.4 Å². The minimum Gasteiger partial charge on any atom is -0.495 e. The number of ether oxygens (including phenoxy) is 1. The molecule has 0 aliphatic carbocycles. The van der Waals surface area contributed by atoms with Crippen molar-refractivity contribution in [2.24, 2.45) is 0 Å². The van der Waals surface area contributed by atoms with Crippen LogP contribution in [-0.4, -0.2) is 55.3 Å².